The number of nitrogens with zero attached hydrogens (tertiary/aromatic N) is 4. The lowest BCUT2D eigenvalue weighted by Gasteiger charge is -2.47. The molecule has 0 bridgehead atoms. The minimum absolute atomic E-state index is 0.294. The third-order valence-electron chi connectivity index (χ3n) is 6.62. The van der Waals surface area contributed by atoms with E-state index in [1.807, 2.05) is 49.2 Å². The molecule has 5 rings (SSSR count). The molecular formula is C26H30N5O+. The summed E-state index contributed by atoms with van der Waals surface area (Å²) < 4.78 is 6.58. The number of fused-ring (bicyclic) bond motifs is 1. The van der Waals surface area contributed by atoms with E-state index in [9.17, 15) is 0 Å². The van der Waals surface area contributed by atoms with Gasteiger partial charge in [0.1, 0.15) is 12.4 Å². The molecule has 2 aliphatic heterocycles. The van der Waals surface area contributed by atoms with Gasteiger partial charge in [0.25, 0.3) is 0 Å². The Hall–Kier alpha value is -3.22. The van der Waals surface area contributed by atoms with Crippen molar-refractivity contribution in [2.75, 3.05) is 11.6 Å². The van der Waals surface area contributed by atoms with Crippen molar-refractivity contribution in [2.45, 2.75) is 38.3 Å². The number of hydrogen-bond donors (Lipinski definition) is 1. The van der Waals surface area contributed by atoms with E-state index in [0.717, 1.165) is 35.5 Å². The third kappa shape index (κ3) is 3.87. The smallest absolute Gasteiger partial charge is 0.225 e. The van der Waals surface area contributed by atoms with Crippen LogP contribution in [0.4, 0.5) is 5.69 Å². The van der Waals surface area contributed by atoms with Crippen molar-refractivity contribution in [1.82, 2.24) is 0 Å². The first-order valence-electron chi connectivity index (χ1n) is 11.4. The highest BCUT2D eigenvalue weighted by Crippen LogP contribution is 2.40. The fourth-order valence-corrected chi connectivity index (χ4v) is 5.00. The van der Waals surface area contributed by atoms with Gasteiger partial charge < -0.3 is 10.5 Å². The Bertz CT molecular complexity index is 1060. The Kier molecular flexibility index (Phi) is 5.88. The fraction of sp³-hybridized carbons (Fsp3) is 0.308. The molecule has 0 amide bonds. The molecule has 0 radical (unpaired) electrons. The van der Waals surface area contributed by atoms with E-state index in [0.29, 0.717) is 29.7 Å². The van der Waals surface area contributed by atoms with Crippen LogP contribution >= 0.6 is 0 Å². The van der Waals surface area contributed by atoms with Crippen molar-refractivity contribution >= 4 is 18.2 Å². The lowest BCUT2D eigenvalue weighted by molar-refractivity contribution is -0.746. The van der Waals surface area contributed by atoms with Gasteiger partial charge in [-0.2, -0.15) is 0 Å². The van der Waals surface area contributed by atoms with E-state index in [1.165, 1.54) is 12.8 Å². The highest BCUT2D eigenvalue weighted by Gasteiger charge is 2.47. The minimum Gasteiger partial charge on any atom is -0.489 e. The maximum atomic E-state index is 6.27. The molecule has 1 aliphatic carbocycles. The monoisotopic (exact) mass is 428 g/mol. The molecular weight excluding hydrogens is 398 g/mol. The lowest BCUT2D eigenvalue weighted by Crippen LogP contribution is -2.62. The third-order valence-corrected chi connectivity index (χ3v) is 6.62. The molecule has 2 aromatic rings. The first-order chi connectivity index (χ1) is 15.8. The second-order valence-corrected chi connectivity index (χ2v) is 8.60. The summed E-state index contributed by atoms with van der Waals surface area (Å²) in [7, 11) is 0. The fourth-order valence-electron chi connectivity index (χ4n) is 5.00. The zero-order valence-corrected chi connectivity index (χ0v) is 18.3. The van der Waals surface area contributed by atoms with Crippen molar-refractivity contribution in [3.8, 4) is 5.75 Å². The summed E-state index contributed by atoms with van der Waals surface area (Å²) >= 11 is 0. The zero-order chi connectivity index (χ0) is 21.8. The average molecular weight is 429 g/mol. The van der Waals surface area contributed by atoms with Crippen LogP contribution in [0.2, 0.25) is 0 Å². The van der Waals surface area contributed by atoms with Gasteiger partial charge in [-0.25, -0.2) is 10.0 Å². The van der Waals surface area contributed by atoms with Crippen LogP contribution in [0.15, 0.2) is 88.9 Å². The van der Waals surface area contributed by atoms with Crippen molar-refractivity contribution in [1.29, 1.82) is 0 Å². The van der Waals surface area contributed by atoms with Crippen LogP contribution in [-0.2, 0) is 6.61 Å². The van der Waals surface area contributed by atoms with Crippen LogP contribution < -0.4 is 15.5 Å². The van der Waals surface area contributed by atoms with Crippen molar-refractivity contribution in [3.05, 3.63) is 84.5 Å². The summed E-state index contributed by atoms with van der Waals surface area (Å²) in [5.74, 6) is 1.28. The van der Waals surface area contributed by atoms with Gasteiger partial charge in [0.05, 0.1) is 30.3 Å². The number of rotatable bonds is 7. The van der Waals surface area contributed by atoms with E-state index >= 15 is 0 Å². The second-order valence-electron chi connectivity index (χ2n) is 8.60. The van der Waals surface area contributed by atoms with Crippen molar-refractivity contribution in [2.24, 2.45) is 21.6 Å². The van der Waals surface area contributed by atoms with Crippen molar-refractivity contribution < 1.29 is 9.33 Å². The predicted octanol–water partition coefficient (Wildman–Crippen LogP) is 4.76. The van der Waals surface area contributed by atoms with Crippen LogP contribution in [0, 0.1) is 5.92 Å². The summed E-state index contributed by atoms with van der Waals surface area (Å²) in [4.78, 5) is 8.89. The Balaban J connectivity index is 1.51. The summed E-state index contributed by atoms with van der Waals surface area (Å²) in [6.07, 6.45) is 14.4. The van der Waals surface area contributed by atoms with Gasteiger partial charge >= 0.3 is 0 Å². The number of allylic oxidation sites excluding steroid dienone is 1. The molecule has 32 heavy (non-hydrogen) atoms. The van der Waals surface area contributed by atoms with E-state index in [-0.39, 0.29) is 0 Å². The number of ether oxygens (including phenoxy) is 1. The molecule has 1 saturated carbocycles. The van der Waals surface area contributed by atoms with E-state index in [2.05, 4.69) is 51.5 Å². The van der Waals surface area contributed by atoms with Gasteiger partial charge in [0, 0.05) is 6.07 Å². The summed E-state index contributed by atoms with van der Waals surface area (Å²) in [6.45, 7) is 1.22. The zero-order valence-electron chi connectivity index (χ0n) is 18.3. The first kappa shape index (κ1) is 20.7. The van der Waals surface area contributed by atoms with Gasteiger partial charge in [-0.1, -0.05) is 49.2 Å². The normalized spacial score (nSPS) is 26.0. The quantitative estimate of drug-likeness (QED) is 0.647. The average Bonchev–Trinajstić information content (AvgIpc) is 3.29. The molecule has 2 N–H and O–H groups in total. The molecule has 3 aliphatic rings. The van der Waals surface area contributed by atoms with Crippen LogP contribution in [0.5, 0.6) is 5.75 Å². The maximum absolute atomic E-state index is 6.27. The van der Waals surface area contributed by atoms with E-state index in [1.54, 1.807) is 0 Å². The predicted molar refractivity (Wildman–Crippen MR) is 129 cm³/mol. The van der Waals surface area contributed by atoms with Gasteiger partial charge in [0.15, 0.2) is 6.20 Å². The maximum Gasteiger partial charge on any atom is 0.225 e. The summed E-state index contributed by atoms with van der Waals surface area (Å²) in [5, 5.41) is 2.45. The molecule has 2 aromatic carbocycles. The molecule has 0 spiro atoms. The number of anilines is 1. The molecule has 3 unspecified atom stereocenters. The Morgan fingerprint density at radius 2 is 1.91 bits per heavy atom. The number of quaternary nitrogens is 1. The molecule has 164 valence electrons. The SMILES string of the molecule is NCC1CCCCC1N(c1cccc(OCc2ccccc2)c1)[N+]12C=CN=CC1=CN=C2. The van der Waals surface area contributed by atoms with Gasteiger partial charge in [-0.15, -0.1) is 4.59 Å². The number of nitrogens with two attached hydrogens (primary N) is 1. The summed E-state index contributed by atoms with van der Waals surface area (Å²) in [6, 6.07) is 18.9. The highest BCUT2D eigenvalue weighted by molar-refractivity contribution is 5.82. The largest absolute Gasteiger partial charge is 0.489 e. The number of hydrogen-bond acceptors (Lipinski definition) is 5. The Morgan fingerprint density at radius 1 is 1.03 bits per heavy atom. The molecule has 6 nitrogen and oxygen atoms in total. The molecule has 2 heterocycles. The van der Waals surface area contributed by atoms with E-state index in [4.69, 9.17) is 10.5 Å². The second kappa shape index (κ2) is 9.10. The van der Waals surface area contributed by atoms with E-state index < -0.39 is 0 Å². The molecule has 0 saturated heterocycles. The number of benzene rings is 2. The highest BCUT2D eigenvalue weighted by atomic mass is 16.5. The summed E-state index contributed by atoms with van der Waals surface area (Å²) in [5.41, 5.74) is 9.55. The first-order valence-corrected chi connectivity index (χ1v) is 11.4. The van der Waals surface area contributed by atoms with Gasteiger partial charge in [-0.05, 0) is 43.0 Å². The molecule has 6 heteroatoms. The van der Waals surface area contributed by atoms with Crippen LogP contribution in [0.25, 0.3) is 0 Å². The molecule has 3 atom stereocenters. The molecule has 0 aromatic heterocycles. The van der Waals surface area contributed by atoms with Crippen LogP contribution in [-0.4, -0.2) is 29.7 Å². The number of aliphatic imine (C=N–C) groups is 2. The van der Waals surface area contributed by atoms with Gasteiger partial charge in [-0.3, -0.25) is 4.99 Å². The standard InChI is InChI=1S/C26H30N5O/c27-16-22-9-4-5-12-26(22)30(31-14-13-28-17-24(31)18-29-20-31)23-10-6-11-25(15-23)32-19-21-7-2-1-3-8-21/h1-3,6-8,10-11,13-15,17-18,20,22,26H,4-5,9,12,16,19,27H2/q+1. The Morgan fingerprint density at radius 3 is 2.78 bits per heavy atom. The molecule has 1 fully saturated rings. The van der Waals surface area contributed by atoms with Crippen LogP contribution in [0.1, 0.15) is 31.2 Å². The Labute approximate surface area is 189 Å². The lowest BCUT2D eigenvalue weighted by atomic mass is 9.83. The topological polar surface area (TPSA) is 63.2 Å². The van der Waals surface area contributed by atoms with Gasteiger partial charge in [0.2, 0.25) is 12.0 Å². The van der Waals surface area contributed by atoms with Crippen molar-refractivity contribution in [3.63, 3.8) is 0 Å². The minimum atomic E-state index is 0.294. The van der Waals surface area contributed by atoms with Crippen LogP contribution in [0.3, 0.4) is 0 Å².